The van der Waals surface area contributed by atoms with Gasteiger partial charge in [0.15, 0.2) is 0 Å². The molecule has 30 heavy (non-hydrogen) atoms. The first-order valence-electron chi connectivity index (χ1n) is 9.53. The molecule has 1 aliphatic carbocycles. The minimum atomic E-state index is -4.88. The average Bonchev–Trinajstić information content (AvgIpc) is 2.67. The Morgan fingerprint density at radius 1 is 1.00 bits per heavy atom. The number of alkyl halides is 3. The second-order valence-corrected chi connectivity index (χ2v) is 7.48. The summed E-state index contributed by atoms with van der Waals surface area (Å²) in [4.78, 5) is 12.3. The topological polar surface area (TPSA) is 26.3 Å². The molecule has 0 N–H and O–H groups in total. The zero-order valence-corrected chi connectivity index (χ0v) is 16.2. The molecule has 7 heteroatoms. The summed E-state index contributed by atoms with van der Waals surface area (Å²) in [6.45, 7) is 2.23. The van der Waals surface area contributed by atoms with Gasteiger partial charge in [-0.25, -0.2) is 13.6 Å². The van der Waals surface area contributed by atoms with E-state index in [4.69, 9.17) is 4.74 Å². The highest BCUT2D eigenvalue weighted by Crippen LogP contribution is 2.35. The van der Waals surface area contributed by atoms with Gasteiger partial charge in [0, 0.05) is 18.1 Å². The van der Waals surface area contributed by atoms with Crippen LogP contribution in [0.4, 0.5) is 22.0 Å². The van der Waals surface area contributed by atoms with Crippen molar-refractivity contribution in [2.45, 2.75) is 44.7 Å². The zero-order chi connectivity index (χ0) is 21.9. The third-order valence-electron chi connectivity index (χ3n) is 5.19. The van der Waals surface area contributed by atoms with Gasteiger partial charge in [-0.1, -0.05) is 37.8 Å². The molecule has 158 valence electrons. The van der Waals surface area contributed by atoms with Crippen molar-refractivity contribution < 1.29 is 31.5 Å². The van der Waals surface area contributed by atoms with E-state index in [-0.39, 0.29) is 5.56 Å². The van der Waals surface area contributed by atoms with E-state index in [1.165, 1.54) is 5.92 Å². The van der Waals surface area contributed by atoms with Crippen LogP contribution in [0.25, 0.3) is 0 Å². The molecule has 2 aromatic carbocycles. The number of rotatable bonds is 3. The van der Waals surface area contributed by atoms with Crippen LogP contribution in [0.5, 0.6) is 5.75 Å². The highest BCUT2D eigenvalue weighted by atomic mass is 19.4. The second kappa shape index (κ2) is 8.86. The predicted molar refractivity (Wildman–Crippen MR) is 101 cm³/mol. The van der Waals surface area contributed by atoms with Gasteiger partial charge in [-0.05, 0) is 42.4 Å². The highest BCUT2D eigenvalue weighted by Gasteiger charge is 2.24. The molecule has 0 saturated heterocycles. The number of esters is 1. The molecule has 0 atom stereocenters. The lowest BCUT2D eigenvalue weighted by Crippen LogP contribution is -2.12. The standard InChI is InChI=1S/C23H19F5O2/c1-14-2-4-15(5-3-14)16-6-8-17(9-7-16)22(29)30-18-12-20(24)19(21(25)13-18)10-11-23(26,27)28/h6-9,12-15H,2-5H2,1H3. The van der Waals surface area contributed by atoms with Crippen molar-refractivity contribution in [3.63, 3.8) is 0 Å². The number of ether oxygens (including phenoxy) is 1. The first-order valence-corrected chi connectivity index (χ1v) is 9.53. The zero-order valence-electron chi connectivity index (χ0n) is 16.2. The second-order valence-electron chi connectivity index (χ2n) is 7.48. The lowest BCUT2D eigenvalue weighted by molar-refractivity contribution is -0.0696. The quantitative estimate of drug-likeness (QED) is 0.248. The lowest BCUT2D eigenvalue weighted by Gasteiger charge is -2.26. The summed E-state index contributed by atoms with van der Waals surface area (Å²) in [5.41, 5.74) is 0.283. The Morgan fingerprint density at radius 3 is 2.10 bits per heavy atom. The summed E-state index contributed by atoms with van der Waals surface area (Å²) in [5, 5.41) is 0. The van der Waals surface area contributed by atoms with Gasteiger partial charge in [0.2, 0.25) is 0 Å². The van der Waals surface area contributed by atoms with Gasteiger partial charge < -0.3 is 4.74 Å². The van der Waals surface area contributed by atoms with E-state index in [0.717, 1.165) is 43.1 Å². The van der Waals surface area contributed by atoms with E-state index in [2.05, 4.69) is 6.92 Å². The van der Waals surface area contributed by atoms with Gasteiger partial charge >= 0.3 is 12.1 Å². The Bertz CT molecular complexity index is 952. The van der Waals surface area contributed by atoms with Crippen LogP contribution < -0.4 is 4.74 Å². The fourth-order valence-electron chi connectivity index (χ4n) is 3.51. The van der Waals surface area contributed by atoms with Crippen LogP contribution >= 0.6 is 0 Å². The SMILES string of the molecule is CC1CCC(c2ccc(C(=O)Oc3cc(F)c(C#CC(F)(F)F)c(F)c3)cc2)CC1. The van der Waals surface area contributed by atoms with Gasteiger partial charge in [-0.2, -0.15) is 13.2 Å². The largest absolute Gasteiger partial charge is 0.458 e. The normalized spacial score (nSPS) is 19.0. The number of hydrogen-bond donors (Lipinski definition) is 0. The number of halogens is 5. The average molecular weight is 422 g/mol. The van der Waals surface area contributed by atoms with Crippen LogP contribution in [0, 0.1) is 29.4 Å². The van der Waals surface area contributed by atoms with E-state index in [9.17, 15) is 26.7 Å². The molecule has 1 aliphatic rings. The summed E-state index contributed by atoms with van der Waals surface area (Å²) in [6, 6.07) is 8.11. The molecule has 0 radical (unpaired) electrons. The molecule has 0 aromatic heterocycles. The maximum absolute atomic E-state index is 13.9. The van der Waals surface area contributed by atoms with Crippen molar-refractivity contribution >= 4 is 5.97 Å². The molecule has 0 spiro atoms. The van der Waals surface area contributed by atoms with Gasteiger partial charge in [-0.15, -0.1) is 0 Å². The molecule has 0 amide bonds. The van der Waals surface area contributed by atoms with Crippen LogP contribution in [-0.4, -0.2) is 12.1 Å². The number of carbonyl (C=O) groups excluding carboxylic acids is 1. The van der Waals surface area contributed by atoms with E-state index in [1.54, 1.807) is 12.1 Å². The third-order valence-corrected chi connectivity index (χ3v) is 5.19. The van der Waals surface area contributed by atoms with Crippen LogP contribution in [0.1, 0.15) is 60.0 Å². The van der Waals surface area contributed by atoms with Crippen molar-refractivity contribution in [1.82, 2.24) is 0 Å². The molecular formula is C23H19F5O2. The van der Waals surface area contributed by atoms with Crippen LogP contribution in [-0.2, 0) is 0 Å². The van der Waals surface area contributed by atoms with Crippen molar-refractivity contribution in [3.8, 4) is 17.6 Å². The Kier molecular flexibility index (Phi) is 6.45. The van der Waals surface area contributed by atoms with E-state index >= 15 is 0 Å². The van der Waals surface area contributed by atoms with Gasteiger partial charge in [-0.3, -0.25) is 0 Å². The first-order chi connectivity index (χ1) is 14.1. The Hall–Kier alpha value is -2.88. The molecule has 3 rings (SSSR count). The number of hydrogen-bond acceptors (Lipinski definition) is 2. The van der Waals surface area contributed by atoms with Crippen LogP contribution in [0.15, 0.2) is 36.4 Å². The maximum Gasteiger partial charge on any atom is 0.458 e. The fraction of sp³-hybridized carbons (Fsp3) is 0.348. The Balaban J connectivity index is 1.70. The minimum absolute atomic E-state index is 0.199. The molecule has 2 nitrogen and oxygen atoms in total. The molecule has 1 saturated carbocycles. The van der Waals surface area contributed by atoms with Crippen molar-refractivity contribution in [2.24, 2.45) is 5.92 Å². The molecule has 2 aromatic rings. The molecule has 0 unspecified atom stereocenters. The molecule has 0 bridgehead atoms. The van der Waals surface area contributed by atoms with Gasteiger partial charge in [0.05, 0.1) is 11.1 Å². The maximum atomic E-state index is 13.9. The first kappa shape index (κ1) is 21.8. The van der Waals surface area contributed by atoms with E-state index in [1.807, 2.05) is 12.1 Å². The fourth-order valence-corrected chi connectivity index (χ4v) is 3.51. The van der Waals surface area contributed by atoms with Crippen molar-refractivity contribution in [2.75, 3.05) is 0 Å². The van der Waals surface area contributed by atoms with Gasteiger partial charge in [0.1, 0.15) is 17.4 Å². The van der Waals surface area contributed by atoms with E-state index in [0.29, 0.717) is 18.1 Å². The van der Waals surface area contributed by atoms with Gasteiger partial charge in [0.25, 0.3) is 0 Å². The molecular weight excluding hydrogens is 403 g/mol. The predicted octanol–water partition coefficient (Wildman–Crippen LogP) is 6.39. The lowest BCUT2D eigenvalue weighted by atomic mass is 9.79. The molecule has 1 fully saturated rings. The Morgan fingerprint density at radius 2 is 1.57 bits per heavy atom. The smallest absolute Gasteiger partial charge is 0.423 e. The summed E-state index contributed by atoms with van der Waals surface area (Å²) < 4.78 is 69.2. The van der Waals surface area contributed by atoms with Crippen LogP contribution in [0.2, 0.25) is 0 Å². The summed E-state index contributed by atoms with van der Waals surface area (Å²) in [7, 11) is 0. The Labute approximate surface area is 171 Å². The molecule has 0 aliphatic heterocycles. The third kappa shape index (κ3) is 5.59. The van der Waals surface area contributed by atoms with Crippen molar-refractivity contribution in [3.05, 3.63) is 64.7 Å². The van der Waals surface area contributed by atoms with Crippen molar-refractivity contribution in [1.29, 1.82) is 0 Å². The van der Waals surface area contributed by atoms with E-state index < -0.39 is 35.1 Å². The molecule has 0 heterocycles. The monoisotopic (exact) mass is 422 g/mol. The summed E-state index contributed by atoms with van der Waals surface area (Å²) in [6.07, 6.45) is -0.379. The minimum Gasteiger partial charge on any atom is -0.423 e. The van der Waals surface area contributed by atoms with Crippen LogP contribution in [0.3, 0.4) is 0 Å². The number of carbonyl (C=O) groups is 1. The number of benzene rings is 2. The summed E-state index contributed by atoms with van der Waals surface area (Å²) in [5.74, 6) is -0.609. The summed E-state index contributed by atoms with van der Waals surface area (Å²) >= 11 is 0. The highest BCUT2D eigenvalue weighted by molar-refractivity contribution is 5.91.